The maximum Gasteiger partial charge on any atom is 0.298 e. The molecule has 1 fully saturated rings. The van der Waals surface area contributed by atoms with Gasteiger partial charge in [0.15, 0.2) is 0 Å². The number of carbonyl (C=O) groups excluding carboxylic acids is 1. The first-order valence-corrected chi connectivity index (χ1v) is 17.3. The van der Waals surface area contributed by atoms with Gasteiger partial charge >= 0.3 is 0 Å². The summed E-state index contributed by atoms with van der Waals surface area (Å²) in [5.74, 6) is 0.240. The van der Waals surface area contributed by atoms with Crippen LogP contribution in [0.2, 0.25) is 0 Å². The summed E-state index contributed by atoms with van der Waals surface area (Å²) in [6.45, 7) is 2.25. The van der Waals surface area contributed by atoms with Crippen molar-refractivity contribution in [2.24, 2.45) is 0 Å². The van der Waals surface area contributed by atoms with Gasteiger partial charge in [0, 0.05) is 12.5 Å². The zero-order valence-corrected chi connectivity index (χ0v) is 26.3. The number of amides is 1. The molecule has 10 nitrogen and oxygen atoms in total. The SMILES string of the molecule is CCCCCCCCCCCC1OC1CCCCC(=O)Nc1cc(=O)n(-c2ccc(Oc3ccccc3)c(S(=O)(=O)O)c2)[nH]1. The lowest BCUT2D eigenvalue weighted by atomic mass is 10.0. The van der Waals surface area contributed by atoms with Crippen LogP contribution in [0.4, 0.5) is 5.82 Å². The van der Waals surface area contributed by atoms with E-state index in [0.717, 1.165) is 30.0 Å². The molecule has 44 heavy (non-hydrogen) atoms. The number of hydrogen-bond donors (Lipinski definition) is 3. The van der Waals surface area contributed by atoms with Crippen molar-refractivity contribution in [3.8, 4) is 17.2 Å². The van der Waals surface area contributed by atoms with Crippen LogP contribution in [0.15, 0.2) is 64.3 Å². The molecule has 2 aromatic carbocycles. The number of unbranched alkanes of at least 4 members (excludes halogenated alkanes) is 9. The van der Waals surface area contributed by atoms with Crippen molar-refractivity contribution < 1.29 is 27.2 Å². The summed E-state index contributed by atoms with van der Waals surface area (Å²) in [6, 6.07) is 13.7. The number of carbonyl (C=O) groups is 1. The smallest absolute Gasteiger partial charge is 0.298 e. The second-order valence-corrected chi connectivity index (χ2v) is 12.9. The van der Waals surface area contributed by atoms with Crippen molar-refractivity contribution in [1.82, 2.24) is 9.78 Å². The quantitative estimate of drug-likeness (QED) is 0.0673. The van der Waals surface area contributed by atoms with Gasteiger partial charge in [-0.3, -0.25) is 19.2 Å². The van der Waals surface area contributed by atoms with E-state index < -0.39 is 20.6 Å². The molecule has 3 aromatic rings. The number of benzene rings is 2. The molecule has 1 amide bonds. The van der Waals surface area contributed by atoms with E-state index in [1.807, 2.05) is 0 Å². The highest BCUT2D eigenvalue weighted by atomic mass is 32.2. The Labute approximate surface area is 259 Å². The fourth-order valence-electron chi connectivity index (χ4n) is 5.38. The Hall–Kier alpha value is -3.41. The first-order chi connectivity index (χ1) is 21.2. The zero-order valence-electron chi connectivity index (χ0n) is 25.5. The molecule has 11 heteroatoms. The van der Waals surface area contributed by atoms with Gasteiger partial charge in [-0.1, -0.05) is 89.3 Å². The van der Waals surface area contributed by atoms with Crippen molar-refractivity contribution in [3.05, 3.63) is 65.0 Å². The third-order valence-corrected chi connectivity index (χ3v) is 8.73. The maximum absolute atomic E-state index is 12.6. The van der Waals surface area contributed by atoms with Crippen molar-refractivity contribution in [3.63, 3.8) is 0 Å². The van der Waals surface area contributed by atoms with Crippen molar-refractivity contribution in [2.75, 3.05) is 5.32 Å². The fourth-order valence-corrected chi connectivity index (χ4v) is 6.01. The summed E-state index contributed by atoms with van der Waals surface area (Å²) in [4.78, 5) is 24.6. The van der Waals surface area contributed by atoms with Crippen LogP contribution >= 0.6 is 0 Å². The molecule has 2 atom stereocenters. The lowest BCUT2D eigenvalue weighted by Gasteiger charge is -2.11. The average molecular weight is 628 g/mol. The molecular weight excluding hydrogens is 582 g/mol. The van der Waals surface area contributed by atoms with Crippen LogP contribution in [0.3, 0.4) is 0 Å². The van der Waals surface area contributed by atoms with Crippen LogP contribution in [0.5, 0.6) is 11.5 Å². The summed E-state index contributed by atoms with van der Waals surface area (Å²) in [5.41, 5.74) is -0.368. The van der Waals surface area contributed by atoms with E-state index in [4.69, 9.17) is 9.47 Å². The molecule has 4 rings (SSSR count). The molecule has 1 aliphatic heterocycles. The van der Waals surface area contributed by atoms with Crippen molar-refractivity contribution >= 4 is 21.8 Å². The average Bonchev–Trinajstić information content (AvgIpc) is 3.65. The van der Waals surface area contributed by atoms with E-state index in [2.05, 4.69) is 17.3 Å². The van der Waals surface area contributed by atoms with Gasteiger partial charge in [0.25, 0.3) is 15.7 Å². The number of epoxide rings is 1. The van der Waals surface area contributed by atoms with E-state index >= 15 is 0 Å². The van der Waals surface area contributed by atoms with Crippen LogP contribution in [0, 0.1) is 0 Å². The zero-order chi connectivity index (χ0) is 31.4. The molecule has 3 N–H and O–H groups in total. The Bertz CT molecular complexity index is 1500. The minimum atomic E-state index is -4.67. The molecule has 0 bridgehead atoms. The summed E-state index contributed by atoms with van der Waals surface area (Å²) in [5, 5.41) is 5.47. The number of aromatic nitrogens is 2. The van der Waals surface area contributed by atoms with Crippen LogP contribution < -0.4 is 15.6 Å². The summed E-state index contributed by atoms with van der Waals surface area (Å²) >= 11 is 0. The molecule has 0 radical (unpaired) electrons. The number of rotatable bonds is 20. The minimum absolute atomic E-state index is 0.0954. The largest absolute Gasteiger partial charge is 0.456 e. The third kappa shape index (κ3) is 10.6. The highest BCUT2D eigenvalue weighted by molar-refractivity contribution is 7.86. The number of anilines is 1. The summed E-state index contributed by atoms with van der Waals surface area (Å²) in [6.07, 6.45) is 16.6. The molecule has 1 saturated heterocycles. The number of hydrogen-bond acceptors (Lipinski definition) is 6. The second kappa shape index (κ2) is 16.6. The van der Waals surface area contributed by atoms with Gasteiger partial charge in [0.1, 0.15) is 22.2 Å². The van der Waals surface area contributed by atoms with E-state index in [0.29, 0.717) is 30.8 Å². The fraction of sp³-hybridized carbons (Fsp3) is 0.515. The van der Waals surface area contributed by atoms with Crippen LogP contribution in [0.1, 0.15) is 96.8 Å². The lowest BCUT2D eigenvalue weighted by Crippen LogP contribution is -2.14. The molecule has 2 unspecified atom stereocenters. The Morgan fingerprint density at radius 1 is 0.909 bits per heavy atom. The molecule has 2 heterocycles. The van der Waals surface area contributed by atoms with Gasteiger partial charge in [0.05, 0.1) is 17.9 Å². The van der Waals surface area contributed by atoms with Gasteiger partial charge in [-0.25, -0.2) is 4.68 Å². The summed E-state index contributed by atoms with van der Waals surface area (Å²) in [7, 11) is -4.67. The Kier molecular flexibility index (Phi) is 12.6. The highest BCUT2D eigenvalue weighted by Crippen LogP contribution is 2.32. The van der Waals surface area contributed by atoms with Gasteiger partial charge < -0.3 is 14.8 Å². The number of nitrogens with zero attached hydrogens (tertiary/aromatic N) is 1. The molecular formula is C33H45N3O7S. The maximum atomic E-state index is 12.6. The molecule has 1 aliphatic rings. The van der Waals surface area contributed by atoms with Crippen molar-refractivity contribution in [1.29, 1.82) is 0 Å². The monoisotopic (exact) mass is 627 g/mol. The first-order valence-electron chi connectivity index (χ1n) is 15.9. The van der Waals surface area contributed by atoms with Gasteiger partial charge in [-0.15, -0.1) is 0 Å². The van der Waals surface area contributed by atoms with E-state index in [1.165, 1.54) is 76.0 Å². The minimum Gasteiger partial charge on any atom is -0.456 e. The Balaban J connectivity index is 1.17. The third-order valence-electron chi connectivity index (χ3n) is 7.85. The Morgan fingerprint density at radius 2 is 1.55 bits per heavy atom. The Morgan fingerprint density at radius 3 is 2.20 bits per heavy atom. The number of H-pyrrole nitrogens is 1. The van der Waals surface area contributed by atoms with Gasteiger partial charge in [-0.2, -0.15) is 8.42 Å². The van der Waals surface area contributed by atoms with Gasteiger partial charge in [-0.05, 0) is 49.6 Å². The molecule has 0 aliphatic carbocycles. The van der Waals surface area contributed by atoms with Crippen molar-refractivity contribution in [2.45, 2.75) is 114 Å². The molecule has 0 saturated carbocycles. The predicted molar refractivity (Wildman–Crippen MR) is 170 cm³/mol. The van der Waals surface area contributed by atoms with Crippen LogP contribution in [-0.4, -0.2) is 40.9 Å². The number of aromatic amines is 1. The standard InChI is InChI=1S/C33H45N3O7S/c1-2-3-4-5-6-7-8-9-13-18-27-28(43-27)19-14-15-20-32(37)34-31-24-33(38)36(35-31)25-21-22-29(30(23-25)44(39,40)41)42-26-16-11-10-12-17-26/h10-12,16-17,21-24,27-28,35H,2-9,13-15,18-20H2,1H3,(H,34,37)(H,39,40,41). The predicted octanol–water partition coefficient (Wildman–Crippen LogP) is 7.39. The molecule has 240 valence electrons. The molecule has 0 spiro atoms. The van der Waals surface area contributed by atoms with Crippen LogP contribution in [-0.2, 0) is 19.6 Å². The number of ether oxygens (including phenoxy) is 2. The second-order valence-electron chi connectivity index (χ2n) is 11.5. The normalized spacial score (nSPS) is 16.1. The van der Waals surface area contributed by atoms with E-state index in [-0.39, 0.29) is 23.2 Å². The van der Waals surface area contributed by atoms with E-state index in [1.54, 1.807) is 30.3 Å². The number of nitrogens with one attached hydrogen (secondary N) is 2. The number of para-hydroxylation sites is 1. The van der Waals surface area contributed by atoms with E-state index in [9.17, 15) is 22.6 Å². The first kappa shape index (κ1) is 33.5. The van der Waals surface area contributed by atoms with Gasteiger partial charge in [0.2, 0.25) is 5.91 Å². The lowest BCUT2D eigenvalue weighted by molar-refractivity contribution is -0.116. The van der Waals surface area contributed by atoms with Crippen LogP contribution in [0.25, 0.3) is 5.69 Å². The summed E-state index contributed by atoms with van der Waals surface area (Å²) < 4.78 is 46.5. The molecule has 1 aromatic heterocycles. The topological polar surface area (TPSA) is 143 Å². The highest BCUT2D eigenvalue weighted by Gasteiger charge is 2.36.